The fourth-order valence-corrected chi connectivity index (χ4v) is 1.53. The van der Waals surface area contributed by atoms with E-state index >= 15 is 0 Å². The van der Waals surface area contributed by atoms with Gasteiger partial charge in [-0.2, -0.15) is 5.10 Å². The molecule has 15 heavy (non-hydrogen) atoms. The largest absolute Gasteiger partial charge is 0.419 e. The maximum absolute atomic E-state index is 11.6. The van der Waals surface area contributed by atoms with E-state index in [4.69, 9.17) is 16.0 Å². The summed E-state index contributed by atoms with van der Waals surface area (Å²) in [6.45, 7) is 1.57. The minimum absolute atomic E-state index is 0.00389. The lowest BCUT2D eigenvalue weighted by atomic mass is 10.2. The van der Waals surface area contributed by atoms with E-state index in [1.165, 1.54) is 13.1 Å². The molecule has 0 atom stereocenters. The van der Waals surface area contributed by atoms with Gasteiger partial charge in [0.2, 0.25) is 0 Å². The highest BCUT2D eigenvalue weighted by Crippen LogP contribution is 2.16. The summed E-state index contributed by atoms with van der Waals surface area (Å²) in [6.07, 6.45) is 0. The van der Waals surface area contributed by atoms with Crippen LogP contribution in [0.4, 0.5) is 0 Å². The summed E-state index contributed by atoms with van der Waals surface area (Å²) in [6, 6.07) is 1.46. The van der Waals surface area contributed by atoms with Crippen LogP contribution in [0, 0.1) is 6.92 Å². The molecule has 0 fully saturated rings. The molecule has 0 radical (unpaired) electrons. The lowest BCUT2D eigenvalue weighted by molar-refractivity contribution is 0.548. The molecule has 0 spiro atoms. The number of hydrogen-bond acceptors (Lipinski definition) is 4. The molecular weight excluding hydrogens is 220 g/mol. The summed E-state index contributed by atoms with van der Waals surface area (Å²) < 4.78 is 6.00. The number of nitrogens with zero attached hydrogens (tertiary/aromatic N) is 2. The van der Waals surface area contributed by atoms with Crippen LogP contribution in [-0.2, 0) is 7.05 Å². The van der Waals surface area contributed by atoms with E-state index in [2.05, 4.69) is 5.10 Å². The SMILES string of the molecule is Cc1cc2c(=O)n(C)nc(Cl)c2oc1=O. The Morgan fingerprint density at radius 2 is 2.13 bits per heavy atom. The first-order valence-corrected chi connectivity index (χ1v) is 4.56. The van der Waals surface area contributed by atoms with Gasteiger partial charge in [0.05, 0.1) is 5.39 Å². The van der Waals surface area contributed by atoms with Crippen molar-refractivity contribution < 1.29 is 4.42 Å². The Balaban J connectivity index is 3.11. The van der Waals surface area contributed by atoms with Gasteiger partial charge in [0.1, 0.15) is 0 Å². The van der Waals surface area contributed by atoms with Crippen molar-refractivity contribution in [1.29, 1.82) is 0 Å². The summed E-state index contributed by atoms with van der Waals surface area (Å²) in [5.74, 6) is 0. The van der Waals surface area contributed by atoms with E-state index in [-0.39, 0.29) is 21.7 Å². The predicted molar refractivity (Wildman–Crippen MR) is 55.3 cm³/mol. The zero-order chi connectivity index (χ0) is 11.2. The molecule has 0 aromatic carbocycles. The minimum atomic E-state index is -0.514. The lowest BCUT2D eigenvalue weighted by Crippen LogP contribution is -2.21. The topological polar surface area (TPSA) is 65.1 Å². The first-order valence-electron chi connectivity index (χ1n) is 4.18. The van der Waals surface area contributed by atoms with E-state index in [9.17, 15) is 9.59 Å². The van der Waals surface area contributed by atoms with Crippen LogP contribution in [0.2, 0.25) is 5.15 Å². The Labute approximate surface area is 88.9 Å². The third-order valence-corrected chi connectivity index (χ3v) is 2.32. The van der Waals surface area contributed by atoms with Gasteiger partial charge in [0, 0.05) is 12.6 Å². The summed E-state index contributed by atoms with van der Waals surface area (Å²) in [4.78, 5) is 22.8. The second kappa shape index (κ2) is 3.20. The monoisotopic (exact) mass is 226 g/mol. The molecule has 2 aromatic heterocycles. The summed E-state index contributed by atoms with van der Waals surface area (Å²) in [5.41, 5.74) is -0.460. The first kappa shape index (κ1) is 9.92. The van der Waals surface area contributed by atoms with Crippen LogP contribution in [0.25, 0.3) is 11.0 Å². The molecule has 0 N–H and O–H groups in total. The van der Waals surface area contributed by atoms with Crippen LogP contribution in [0.3, 0.4) is 0 Å². The minimum Gasteiger partial charge on any atom is -0.419 e. The van der Waals surface area contributed by atoms with Crippen molar-refractivity contribution >= 4 is 22.6 Å². The van der Waals surface area contributed by atoms with Crippen LogP contribution in [0.1, 0.15) is 5.56 Å². The number of halogens is 1. The van der Waals surface area contributed by atoms with Gasteiger partial charge >= 0.3 is 5.63 Å². The Kier molecular flexibility index (Phi) is 2.12. The van der Waals surface area contributed by atoms with Gasteiger partial charge in [-0.15, -0.1) is 0 Å². The lowest BCUT2D eigenvalue weighted by Gasteiger charge is -2.01. The van der Waals surface area contributed by atoms with Gasteiger partial charge in [-0.25, -0.2) is 9.48 Å². The molecule has 0 bridgehead atoms. The summed E-state index contributed by atoms with van der Waals surface area (Å²) >= 11 is 5.76. The third kappa shape index (κ3) is 1.45. The fraction of sp³-hybridized carbons (Fsp3) is 0.222. The molecule has 2 aromatic rings. The van der Waals surface area contributed by atoms with Gasteiger partial charge in [0.25, 0.3) is 5.56 Å². The fourth-order valence-electron chi connectivity index (χ4n) is 1.28. The van der Waals surface area contributed by atoms with Crippen LogP contribution in [0.15, 0.2) is 20.1 Å². The van der Waals surface area contributed by atoms with E-state index in [1.807, 2.05) is 0 Å². The van der Waals surface area contributed by atoms with Crippen LogP contribution in [0.5, 0.6) is 0 Å². The molecular formula is C9H7ClN2O3. The van der Waals surface area contributed by atoms with Gasteiger partial charge in [0.15, 0.2) is 10.7 Å². The summed E-state index contributed by atoms with van der Waals surface area (Å²) in [7, 11) is 1.48. The predicted octanol–water partition coefficient (Wildman–Crippen LogP) is 0.849. The van der Waals surface area contributed by atoms with Crippen molar-refractivity contribution in [1.82, 2.24) is 9.78 Å². The number of rotatable bonds is 0. The summed E-state index contributed by atoms with van der Waals surface area (Å²) in [5, 5.41) is 3.97. The maximum Gasteiger partial charge on any atom is 0.339 e. The van der Waals surface area contributed by atoms with Crippen molar-refractivity contribution in [3.8, 4) is 0 Å². The molecule has 0 aliphatic rings. The smallest absolute Gasteiger partial charge is 0.339 e. The number of fused-ring (bicyclic) bond motifs is 1. The average Bonchev–Trinajstić information content (AvgIpc) is 2.18. The molecule has 0 unspecified atom stereocenters. The second-order valence-electron chi connectivity index (χ2n) is 3.18. The first-order chi connectivity index (χ1) is 7.00. The van der Waals surface area contributed by atoms with Crippen LogP contribution < -0.4 is 11.2 Å². The quantitative estimate of drug-likeness (QED) is 0.668. The van der Waals surface area contributed by atoms with Crippen LogP contribution in [-0.4, -0.2) is 9.78 Å². The van der Waals surface area contributed by atoms with Crippen molar-refractivity contribution in [2.45, 2.75) is 6.92 Å². The van der Waals surface area contributed by atoms with E-state index in [1.54, 1.807) is 6.92 Å². The normalized spacial score (nSPS) is 10.9. The van der Waals surface area contributed by atoms with E-state index < -0.39 is 5.63 Å². The standard InChI is InChI=1S/C9H7ClN2O3/c1-4-3-5-6(15-9(4)14)7(10)11-12(2)8(5)13/h3H,1-2H3. The van der Waals surface area contributed by atoms with E-state index in [0.29, 0.717) is 5.56 Å². The molecule has 78 valence electrons. The number of aromatic nitrogens is 2. The van der Waals surface area contributed by atoms with Gasteiger partial charge in [-0.1, -0.05) is 11.6 Å². The second-order valence-corrected chi connectivity index (χ2v) is 3.54. The van der Waals surface area contributed by atoms with Gasteiger partial charge in [-0.3, -0.25) is 4.79 Å². The average molecular weight is 227 g/mol. The van der Waals surface area contributed by atoms with Gasteiger partial charge in [-0.05, 0) is 13.0 Å². The van der Waals surface area contributed by atoms with E-state index in [0.717, 1.165) is 4.68 Å². The molecule has 0 aliphatic heterocycles. The van der Waals surface area contributed by atoms with Crippen molar-refractivity contribution in [2.24, 2.45) is 7.05 Å². The Bertz CT molecular complexity index is 657. The molecule has 6 heteroatoms. The number of aryl methyl sites for hydroxylation is 2. The maximum atomic E-state index is 11.6. The Morgan fingerprint density at radius 1 is 1.47 bits per heavy atom. The third-order valence-electron chi connectivity index (χ3n) is 2.07. The molecule has 2 rings (SSSR count). The zero-order valence-corrected chi connectivity index (χ0v) is 8.83. The van der Waals surface area contributed by atoms with Crippen molar-refractivity contribution in [3.63, 3.8) is 0 Å². The molecule has 0 aliphatic carbocycles. The molecule has 5 nitrogen and oxygen atoms in total. The van der Waals surface area contributed by atoms with Crippen molar-refractivity contribution in [3.05, 3.63) is 37.6 Å². The van der Waals surface area contributed by atoms with Crippen molar-refractivity contribution in [2.75, 3.05) is 0 Å². The Hall–Kier alpha value is -1.62. The highest BCUT2D eigenvalue weighted by Gasteiger charge is 2.11. The zero-order valence-electron chi connectivity index (χ0n) is 8.07. The Morgan fingerprint density at radius 3 is 2.80 bits per heavy atom. The highest BCUT2D eigenvalue weighted by atomic mass is 35.5. The molecule has 2 heterocycles. The molecule has 0 saturated carbocycles. The van der Waals surface area contributed by atoms with Gasteiger partial charge < -0.3 is 4.42 Å². The molecule has 0 saturated heterocycles. The highest BCUT2D eigenvalue weighted by molar-refractivity contribution is 6.33. The molecule has 0 amide bonds. The van der Waals surface area contributed by atoms with Crippen LogP contribution >= 0.6 is 11.6 Å². The number of hydrogen-bond donors (Lipinski definition) is 0.